The van der Waals surface area contributed by atoms with Crippen LogP contribution in [0, 0.1) is 0 Å². The summed E-state index contributed by atoms with van der Waals surface area (Å²) in [6.07, 6.45) is 3.31. The van der Waals surface area contributed by atoms with Crippen LogP contribution >= 0.6 is 11.6 Å². The molecule has 8 heteroatoms. The zero-order valence-corrected chi connectivity index (χ0v) is 15.2. The van der Waals surface area contributed by atoms with Gasteiger partial charge in [-0.2, -0.15) is 15.0 Å². The van der Waals surface area contributed by atoms with E-state index in [0.29, 0.717) is 11.6 Å². The second-order valence-electron chi connectivity index (χ2n) is 6.41. The molecule has 0 unspecified atom stereocenters. The molecule has 1 aliphatic rings. The summed E-state index contributed by atoms with van der Waals surface area (Å²) in [5, 5.41) is 18.0. The van der Waals surface area contributed by atoms with Crippen LogP contribution in [0.1, 0.15) is 17.0 Å². The van der Waals surface area contributed by atoms with Gasteiger partial charge in [0.2, 0.25) is 5.95 Å². The van der Waals surface area contributed by atoms with Crippen molar-refractivity contribution in [2.45, 2.75) is 19.6 Å². The summed E-state index contributed by atoms with van der Waals surface area (Å²) in [5.41, 5.74) is 3.59. The average Bonchev–Trinajstić information content (AvgIpc) is 3.41. The summed E-state index contributed by atoms with van der Waals surface area (Å²) in [6, 6.07) is 16.1. The van der Waals surface area contributed by atoms with E-state index in [-0.39, 0.29) is 0 Å². The maximum atomic E-state index is 6.08. The zero-order chi connectivity index (χ0) is 18.2. The number of nitrogens with zero attached hydrogens (tertiary/aromatic N) is 7. The third-order valence-corrected chi connectivity index (χ3v) is 4.92. The molecule has 0 bridgehead atoms. The third kappa shape index (κ3) is 2.96. The number of fused-ring (bicyclic) bond motifs is 1. The van der Waals surface area contributed by atoms with Gasteiger partial charge in [0, 0.05) is 18.1 Å². The van der Waals surface area contributed by atoms with Crippen molar-refractivity contribution in [3.8, 4) is 5.69 Å². The summed E-state index contributed by atoms with van der Waals surface area (Å²) >= 11 is 6.08. The highest BCUT2D eigenvalue weighted by molar-refractivity contribution is 6.30. The number of hydrogen-bond donors (Lipinski definition) is 0. The number of aromatic nitrogens is 6. The fraction of sp³-hybridized carbons (Fsp3) is 0.158. The van der Waals surface area contributed by atoms with Crippen molar-refractivity contribution in [1.82, 2.24) is 29.8 Å². The van der Waals surface area contributed by atoms with Crippen LogP contribution in [0.25, 0.3) is 5.69 Å². The minimum atomic E-state index is 0.434. The maximum absolute atomic E-state index is 6.08. The normalized spacial score (nSPS) is 13.1. The molecule has 0 spiro atoms. The molecule has 0 radical (unpaired) electrons. The molecule has 0 N–H and O–H groups in total. The lowest BCUT2D eigenvalue weighted by Crippen LogP contribution is -2.20. The number of halogens is 1. The molecule has 7 nitrogen and oxygen atoms in total. The molecule has 0 saturated carbocycles. The van der Waals surface area contributed by atoms with Crippen LogP contribution < -0.4 is 4.90 Å². The SMILES string of the molecule is Clc1ccc(-n2c(Cn3nccn3)nnc2N2Cc3ccccc3C2)cc1. The monoisotopic (exact) mass is 377 g/mol. The van der Waals surface area contributed by atoms with Gasteiger partial charge in [-0.15, -0.1) is 10.2 Å². The highest BCUT2D eigenvalue weighted by Gasteiger charge is 2.25. The van der Waals surface area contributed by atoms with Crippen molar-refractivity contribution < 1.29 is 0 Å². The summed E-state index contributed by atoms with van der Waals surface area (Å²) in [5.74, 6) is 1.56. The first kappa shape index (κ1) is 16.0. The summed E-state index contributed by atoms with van der Waals surface area (Å²) < 4.78 is 2.05. The predicted molar refractivity (Wildman–Crippen MR) is 102 cm³/mol. The first-order valence-corrected chi connectivity index (χ1v) is 9.02. The fourth-order valence-electron chi connectivity index (χ4n) is 3.40. The van der Waals surface area contributed by atoms with E-state index in [1.54, 1.807) is 17.2 Å². The standard InChI is InChI=1S/C19H16ClN7/c20-16-5-7-17(8-6-16)27-18(13-26-21-9-10-22-26)23-24-19(27)25-11-14-3-1-2-4-15(14)12-25/h1-10H,11-13H2. The van der Waals surface area contributed by atoms with E-state index in [9.17, 15) is 0 Å². The lowest BCUT2D eigenvalue weighted by Gasteiger charge is -2.18. The molecule has 0 aliphatic carbocycles. The Morgan fingerprint density at radius 1 is 0.852 bits per heavy atom. The molecule has 0 amide bonds. The lowest BCUT2D eigenvalue weighted by molar-refractivity contribution is 0.564. The average molecular weight is 378 g/mol. The van der Waals surface area contributed by atoms with Crippen LogP contribution in [0.15, 0.2) is 60.9 Å². The molecule has 134 valence electrons. The van der Waals surface area contributed by atoms with Gasteiger partial charge in [0.25, 0.3) is 0 Å². The van der Waals surface area contributed by atoms with E-state index < -0.39 is 0 Å². The van der Waals surface area contributed by atoms with Crippen molar-refractivity contribution >= 4 is 17.5 Å². The molecule has 2 aromatic heterocycles. The molecular weight excluding hydrogens is 362 g/mol. The molecule has 27 heavy (non-hydrogen) atoms. The minimum absolute atomic E-state index is 0.434. The fourth-order valence-corrected chi connectivity index (χ4v) is 3.52. The minimum Gasteiger partial charge on any atom is -0.332 e. The Bertz CT molecular complexity index is 1040. The Hall–Kier alpha value is -3.19. The molecule has 4 aromatic rings. The van der Waals surface area contributed by atoms with E-state index in [2.05, 4.69) is 49.6 Å². The molecule has 0 atom stereocenters. The first-order chi connectivity index (χ1) is 13.3. The third-order valence-electron chi connectivity index (χ3n) is 4.67. The Kier molecular flexibility index (Phi) is 3.86. The zero-order valence-electron chi connectivity index (χ0n) is 14.4. The maximum Gasteiger partial charge on any atom is 0.232 e. The van der Waals surface area contributed by atoms with Crippen LogP contribution in [0.4, 0.5) is 5.95 Å². The highest BCUT2D eigenvalue weighted by Crippen LogP contribution is 2.29. The summed E-state index contributed by atoms with van der Waals surface area (Å²) in [4.78, 5) is 3.82. The second kappa shape index (κ2) is 6.51. The van der Waals surface area contributed by atoms with Crippen molar-refractivity contribution in [3.05, 3.63) is 82.9 Å². The number of hydrogen-bond acceptors (Lipinski definition) is 5. The summed E-state index contributed by atoms with van der Waals surface area (Å²) in [6.45, 7) is 2.05. The van der Waals surface area contributed by atoms with Gasteiger partial charge in [-0.05, 0) is 35.4 Å². The molecule has 0 saturated heterocycles. The number of benzene rings is 2. The van der Waals surface area contributed by atoms with Crippen molar-refractivity contribution in [3.63, 3.8) is 0 Å². The molecule has 0 fully saturated rings. The van der Waals surface area contributed by atoms with Gasteiger partial charge in [0.05, 0.1) is 18.1 Å². The van der Waals surface area contributed by atoms with Crippen molar-refractivity contribution in [1.29, 1.82) is 0 Å². The number of anilines is 1. The predicted octanol–water partition coefficient (Wildman–Crippen LogP) is 3.08. The van der Waals surface area contributed by atoms with E-state index >= 15 is 0 Å². The Balaban J connectivity index is 1.57. The largest absolute Gasteiger partial charge is 0.332 e. The molecule has 3 heterocycles. The van der Waals surface area contributed by atoms with Gasteiger partial charge in [0.1, 0.15) is 6.54 Å². The van der Waals surface area contributed by atoms with Crippen LogP contribution in [0.3, 0.4) is 0 Å². The van der Waals surface area contributed by atoms with E-state index in [4.69, 9.17) is 11.6 Å². The first-order valence-electron chi connectivity index (χ1n) is 8.64. The molecule has 1 aliphatic heterocycles. The Morgan fingerprint density at radius 3 is 2.19 bits per heavy atom. The van der Waals surface area contributed by atoms with Crippen molar-refractivity contribution in [2.24, 2.45) is 0 Å². The topological polar surface area (TPSA) is 64.7 Å². The smallest absolute Gasteiger partial charge is 0.232 e. The van der Waals surface area contributed by atoms with Crippen molar-refractivity contribution in [2.75, 3.05) is 4.90 Å². The molecular formula is C19H16ClN7. The van der Waals surface area contributed by atoms with Gasteiger partial charge in [0.15, 0.2) is 5.82 Å². The van der Waals surface area contributed by atoms with Gasteiger partial charge >= 0.3 is 0 Å². The van der Waals surface area contributed by atoms with E-state index in [0.717, 1.165) is 30.5 Å². The summed E-state index contributed by atoms with van der Waals surface area (Å²) in [7, 11) is 0. The van der Waals surface area contributed by atoms with E-state index in [1.165, 1.54) is 11.1 Å². The van der Waals surface area contributed by atoms with Gasteiger partial charge in [-0.1, -0.05) is 35.9 Å². The molecule has 2 aromatic carbocycles. The van der Waals surface area contributed by atoms with Crippen LogP contribution in [-0.4, -0.2) is 29.8 Å². The van der Waals surface area contributed by atoms with Crippen LogP contribution in [0.5, 0.6) is 0 Å². The number of rotatable bonds is 4. The quantitative estimate of drug-likeness (QED) is 0.547. The Labute approximate surface area is 160 Å². The highest BCUT2D eigenvalue weighted by atomic mass is 35.5. The van der Waals surface area contributed by atoms with E-state index in [1.807, 2.05) is 28.8 Å². The van der Waals surface area contributed by atoms with Crippen LogP contribution in [0.2, 0.25) is 5.02 Å². The van der Waals surface area contributed by atoms with Crippen LogP contribution in [-0.2, 0) is 19.6 Å². The van der Waals surface area contributed by atoms with Gasteiger partial charge in [-0.3, -0.25) is 4.57 Å². The molecule has 5 rings (SSSR count). The van der Waals surface area contributed by atoms with Gasteiger partial charge in [-0.25, -0.2) is 0 Å². The lowest BCUT2D eigenvalue weighted by atomic mass is 10.1. The van der Waals surface area contributed by atoms with Gasteiger partial charge < -0.3 is 4.90 Å². The second-order valence-corrected chi connectivity index (χ2v) is 6.85. The Morgan fingerprint density at radius 2 is 1.52 bits per heavy atom.